The number of methoxy groups -OCH3 is 1. The summed E-state index contributed by atoms with van der Waals surface area (Å²) in [5, 5.41) is 1.42. The van der Waals surface area contributed by atoms with Crippen molar-refractivity contribution in [3.8, 4) is 5.88 Å². The molecule has 0 aliphatic rings. The number of nitrogens with zero attached hydrogens (tertiary/aromatic N) is 3. The maximum absolute atomic E-state index is 5.02. The molecule has 2 rings (SSSR count). The van der Waals surface area contributed by atoms with E-state index < -0.39 is 0 Å². The van der Waals surface area contributed by atoms with Gasteiger partial charge in [-0.05, 0) is 18.2 Å². The van der Waals surface area contributed by atoms with Crippen molar-refractivity contribution in [2.75, 3.05) is 7.11 Å². The van der Waals surface area contributed by atoms with E-state index in [0.29, 0.717) is 11.0 Å². The Morgan fingerprint density at radius 2 is 2.31 bits per heavy atom. The van der Waals surface area contributed by atoms with Gasteiger partial charge in [-0.1, -0.05) is 6.92 Å². The number of ether oxygens (including phenoxy) is 1. The number of nitrogens with one attached hydrogen (secondary N) is 1. The minimum absolute atomic E-state index is 0.555. The molecule has 0 radical (unpaired) electrons. The number of aromatic nitrogens is 4. The number of aryl methyl sites for hydroxylation is 1. The molecule has 6 heteroatoms. The van der Waals surface area contributed by atoms with Crippen LogP contribution in [0.5, 0.6) is 5.88 Å². The second-order valence-electron chi connectivity index (χ2n) is 3.05. The first-order valence-electron chi connectivity index (χ1n) is 4.90. The lowest BCUT2D eigenvalue weighted by molar-refractivity contribution is 0.392. The van der Waals surface area contributed by atoms with Gasteiger partial charge < -0.3 is 9.72 Å². The summed E-state index contributed by atoms with van der Waals surface area (Å²) in [6.07, 6.45) is 4.42. The average molecular weight is 236 g/mol. The highest BCUT2D eigenvalue weighted by molar-refractivity contribution is 7.99. The molecule has 0 aromatic carbocycles. The molecule has 0 atom stereocenters. The third kappa shape index (κ3) is 2.52. The van der Waals surface area contributed by atoms with Gasteiger partial charge in [-0.3, -0.25) is 0 Å². The Bertz CT molecular complexity index is 471. The highest BCUT2D eigenvalue weighted by atomic mass is 32.2. The zero-order valence-electron chi connectivity index (χ0n) is 9.10. The van der Waals surface area contributed by atoms with E-state index in [1.165, 1.54) is 11.8 Å². The van der Waals surface area contributed by atoms with Crippen LogP contribution in [0.25, 0.3) is 0 Å². The molecule has 2 aromatic heterocycles. The zero-order chi connectivity index (χ0) is 11.4. The van der Waals surface area contributed by atoms with Gasteiger partial charge in [0.15, 0.2) is 10.3 Å². The van der Waals surface area contributed by atoms with Crippen LogP contribution in [0.3, 0.4) is 0 Å². The first-order valence-corrected chi connectivity index (χ1v) is 5.72. The summed E-state index contributed by atoms with van der Waals surface area (Å²) in [5.41, 5.74) is 1.10. The zero-order valence-corrected chi connectivity index (χ0v) is 9.91. The van der Waals surface area contributed by atoms with E-state index in [1.54, 1.807) is 19.4 Å². The maximum atomic E-state index is 5.02. The van der Waals surface area contributed by atoms with Crippen LogP contribution >= 0.6 is 11.8 Å². The summed E-state index contributed by atoms with van der Waals surface area (Å²) in [6.45, 7) is 2.07. The Hall–Kier alpha value is -1.56. The molecule has 0 fully saturated rings. The van der Waals surface area contributed by atoms with Gasteiger partial charge in [0.05, 0.1) is 7.11 Å². The molecule has 0 saturated heterocycles. The van der Waals surface area contributed by atoms with E-state index in [4.69, 9.17) is 4.74 Å². The maximum Gasteiger partial charge on any atom is 0.217 e. The first-order chi connectivity index (χ1) is 7.81. The standard InChI is InChI=1S/C10H12N4OS/c1-3-7-6-12-10(13-7)16-9-11-5-4-8(14-9)15-2/h4-6H,3H2,1-2H3,(H,12,13). The van der Waals surface area contributed by atoms with Gasteiger partial charge in [-0.2, -0.15) is 4.98 Å². The summed E-state index contributed by atoms with van der Waals surface area (Å²) >= 11 is 1.38. The van der Waals surface area contributed by atoms with Crippen molar-refractivity contribution >= 4 is 11.8 Å². The van der Waals surface area contributed by atoms with Crippen molar-refractivity contribution in [2.45, 2.75) is 23.7 Å². The Kier molecular flexibility index (Phi) is 3.40. The topological polar surface area (TPSA) is 63.7 Å². The van der Waals surface area contributed by atoms with Crippen LogP contribution in [-0.2, 0) is 6.42 Å². The number of hydrogen-bond donors (Lipinski definition) is 1. The molecule has 2 aromatic rings. The molecular formula is C10H12N4OS. The van der Waals surface area contributed by atoms with Crippen LogP contribution in [0.15, 0.2) is 28.8 Å². The van der Waals surface area contributed by atoms with Crippen molar-refractivity contribution in [2.24, 2.45) is 0 Å². The van der Waals surface area contributed by atoms with Crippen LogP contribution in [0.2, 0.25) is 0 Å². The molecule has 5 nitrogen and oxygen atoms in total. The molecule has 0 aliphatic carbocycles. The lowest BCUT2D eigenvalue weighted by Crippen LogP contribution is -1.91. The van der Waals surface area contributed by atoms with Crippen LogP contribution < -0.4 is 4.74 Å². The molecule has 0 amide bonds. The van der Waals surface area contributed by atoms with Crippen LogP contribution in [0, 0.1) is 0 Å². The molecule has 16 heavy (non-hydrogen) atoms. The van der Waals surface area contributed by atoms with Gasteiger partial charge in [0.1, 0.15) is 0 Å². The Morgan fingerprint density at radius 1 is 1.44 bits per heavy atom. The number of hydrogen-bond acceptors (Lipinski definition) is 5. The first kappa shape index (κ1) is 10.9. The monoisotopic (exact) mass is 236 g/mol. The lowest BCUT2D eigenvalue weighted by atomic mass is 10.4. The fourth-order valence-corrected chi connectivity index (χ4v) is 1.85. The lowest BCUT2D eigenvalue weighted by Gasteiger charge is -1.99. The van der Waals surface area contributed by atoms with E-state index in [-0.39, 0.29) is 0 Å². The van der Waals surface area contributed by atoms with Gasteiger partial charge in [0, 0.05) is 24.2 Å². The quantitative estimate of drug-likeness (QED) is 0.822. The molecular weight excluding hydrogens is 224 g/mol. The van der Waals surface area contributed by atoms with E-state index in [9.17, 15) is 0 Å². The summed E-state index contributed by atoms with van der Waals surface area (Å²) in [4.78, 5) is 15.7. The van der Waals surface area contributed by atoms with Gasteiger partial charge in [0.2, 0.25) is 5.88 Å². The third-order valence-corrected chi connectivity index (χ3v) is 2.77. The van der Waals surface area contributed by atoms with E-state index in [1.807, 2.05) is 6.20 Å². The predicted octanol–water partition coefficient (Wildman–Crippen LogP) is 1.92. The minimum atomic E-state index is 0.555. The second-order valence-corrected chi connectivity index (χ2v) is 4.01. The summed E-state index contributed by atoms with van der Waals surface area (Å²) in [7, 11) is 1.58. The SMILES string of the molecule is CCc1cnc(Sc2nccc(OC)n2)[nH]1. The molecule has 1 N–H and O–H groups in total. The van der Waals surface area contributed by atoms with Crippen LogP contribution in [0.4, 0.5) is 0 Å². The summed E-state index contributed by atoms with van der Waals surface area (Å²) < 4.78 is 5.02. The van der Waals surface area contributed by atoms with Crippen molar-refractivity contribution < 1.29 is 4.74 Å². The largest absolute Gasteiger partial charge is 0.481 e. The van der Waals surface area contributed by atoms with Gasteiger partial charge in [-0.15, -0.1) is 0 Å². The van der Waals surface area contributed by atoms with Crippen LogP contribution in [-0.4, -0.2) is 27.0 Å². The molecule has 0 aliphatic heterocycles. The molecule has 84 valence electrons. The van der Waals surface area contributed by atoms with Crippen molar-refractivity contribution in [1.82, 2.24) is 19.9 Å². The number of rotatable bonds is 4. The number of aromatic amines is 1. The predicted molar refractivity (Wildman–Crippen MR) is 60.7 cm³/mol. The van der Waals surface area contributed by atoms with Crippen molar-refractivity contribution in [3.63, 3.8) is 0 Å². The Labute approximate surface area is 97.7 Å². The number of imidazole rings is 1. The van der Waals surface area contributed by atoms with Gasteiger partial charge >= 0.3 is 0 Å². The normalized spacial score (nSPS) is 10.4. The highest BCUT2D eigenvalue weighted by Gasteiger charge is 2.05. The molecule has 2 heterocycles. The Morgan fingerprint density at radius 3 is 3.00 bits per heavy atom. The van der Waals surface area contributed by atoms with Crippen molar-refractivity contribution in [1.29, 1.82) is 0 Å². The third-order valence-electron chi connectivity index (χ3n) is 1.99. The second kappa shape index (κ2) is 4.98. The average Bonchev–Trinajstić information content (AvgIpc) is 2.77. The summed E-state index contributed by atoms with van der Waals surface area (Å²) in [6, 6.07) is 1.71. The van der Waals surface area contributed by atoms with E-state index >= 15 is 0 Å². The van der Waals surface area contributed by atoms with Crippen LogP contribution in [0.1, 0.15) is 12.6 Å². The van der Waals surface area contributed by atoms with E-state index in [0.717, 1.165) is 17.3 Å². The van der Waals surface area contributed by atoms with Gasteiger partial charge in [-0.25, -0.2) is 9.97 Å². The number of H-pyrrole nitrogens is 1. The van der Waals surface area contributed by atoms with Crippen molar-refractivity contribution in [3.05, 3.63) is 24.2 Å². The molecule has 0 bridgehead atoms. The fourth-order valence-electron chi connectivity index (χ4n) is 1.14. The van der Waals surface area contributed by atoms with E-state index in [2.05, 4.69) is 26.9 Å². The molecule has 0 unspecified atom stereocenters. The van der Waals surface area contributed by atoms with Gasteiger partial charge in [0.25, 0.3) is 0 Å². The Balaban J connectivity index is 2.13. The molecule has 0 spiro atoms. The highest BCUT2D eigenvalue weighted by Crippen LogP contribution is 2.22. The summed E-state index contributed by atoms with van der Waals surface area (Å²) in [5.74, 6) is 0.555. The molecule has 0 saturated carbocycles. The fraction of sp³-hybridized carbons (Fsp3) is 0.300. The smallest absolute Gasteiger partial charge is 0.217 e. The minimum Gasteiger partial charge on any atom is -0.481 e.